The monoisotopic (exact) mass is 140 g/mol. The highest BCUT2D eigenvalue weighted by Gasteiger charge is 2.06. The average Bonchev–Trinajstić information content (AvgIpc) is 1.87. The Morgan fingerprint density at radius 3 is 2.80 bits per heavy atom. The fraction of sp³-hybridized carbons (Fsp3) is 0.778. The molecular weight excluding hydrogens is 124 g/mol. The van der Waals surface area contributed by atoms with Crippen molar-refractivity contribution < 1.29 is 4.74 Å². The Bertz CT molecular complexity index is 107. The third-order valence-electron chi connectivity index (χ3n) is 2.05. The smallest absolute Gasteiger partial charge is 0.0574 e. The van der Waals surface area contributed by atoms with Gasteiger partial charge in [0.05, 0.1) is 6.10 Å². The zero-order valence-electron chi connectivity index (χ0n) is 6.68. The first-order valence-electron chi connectivity index (χ1n) is 4.11. The van der Waals surface area contributed by atoms with Crippen molar-refractivity contribution in [3.63, 3.8) is 0 Å². The van der Waals surface area contributed by atoms with Crippen LogP contribution in [0.1, 0.15) is 32.1 Å². The normalized spacial score (nSPS) is 30.7. The van der Waals surface area contributed by atoms with E-state index in [0.29, 0.717) is 6.10 Å². The predicted octanol–water partition coefficient (Wildman–Crippen LogP) is 2.52. The van der Waals surface area contributed by atoms with Gasteiger partial charge in [0.25, 0.3) is 0 Å². The van der Waals surface area contributed by atoms with Crippen molar-refractivity contribution in [2.75, 3.05) is 7.11 Å². The summed E-state index contributed by atoms with van der Waals surface area (Å²) in [6, 6.07) is 0. The molecule has 1 atom stereocenters. The first-order chi connectivity index (χ1) is 4.93. The Balaban J connectivity index is 2.27. The van der Waals surface area contributed by atoms with E-state index in [2.05, 4.69) is 12.2 Å². The molecule has 58 valence electrons. The molecule has 1 nitrogen and oxygen atoms in total. The molecule has 0 aliphatic heterocycles. The molecule has 0 amide bonds. The highest BCUT2D eigenvalue weighted by Crippen LogP contribution is 2.13. The van der Waals surface area contributed by atoms with Crippen LogP contribution in [0.2, 0.25) is 0 Å². The maximum Gasteiger partial charge on any atom is 0.0574 e. The molecule has 1 rings (SSSR count). The number of hydrogen-bond acceptors (Lipinski definition) is 1. The Hall–Kier alpha value is -0.300. The average molecular weight is 140 g/mol. The van der Waals surface area contributed by atoms with E-state index in [4.69, 9.17) is 4.74 Å². The van der Waals surface area contributed by atoms with Gasteiger partial charge in [-0.2, -0.15) is 0 Å². The zero-order valence-corrected chi connectivity index (χ0v) is 6.68. The van der Waals surface area contributed by atoms with Crippen LogP contribution in [0.15, 0.2) is 12.2 Å². The van der Waals surface area contributed by atoms with Gasteiger partial charge >= 0.3 is 0 Å². The lowest BCUT2D eigenvalue weighted by atomic mass is 10.0. The number of allylic oxidation sites excluding steroid dienone is 2. The second-order valence-electron chi connectivity index (χ2n) is 2.84. The van der Waals surface area contributed by atoms with Crippen molar-refractivity contribution in [2.24, 2.45) is 0 Å². The molecule has 1 aliphatic carbocycles. The van der Waals surface area contributed by atoms with Gasteiger partial charge in [-0.25, -0.2) is 0 Å². The van der Waals surface area contributed by atoms with Crippen molar-refractivity contribution in [1.82, 2.24) is 0 Å². The van der Waals surface area contributed by atoms with E-state index in [9.17, 15) is 0 Å². The number of ether oxygens (including phenoxy) is 1. The van der Waals surface area contributed by atoms with Crippen molar-refractivity contribution >= 4 is 0 Å². The summed E-state index contributed by atoms with van der Waals surface area (Å²) in [4.78, 5) is 0. The molecule has 0 radical (unpaired) electrons. The van der Waals surface area contributed by atoms with E-state index in [1.807, 2.05) is 7.11 Å². The van der Waals surface area contributed by atoms with Crippen LogP contribution in [0.4, 0.5) is 0 Å². The van der Waals surface area contributed by atoms with Gasteiger partial charge in [0.1, 0.15) is 0 Å². The lowest BCUT2D eigenvalue weighted by Crippen LogP contribution is -2.10. The maximum atomic E-state index is 5.29. The molecule has 0 N–H and O–H groups in total. The van der Waals surface area contributed by atoms with E-state index >= 15 is 0 Å². The van der Waals surface area contributed by atoms with Crippen LogP contribution in [0.5, 0.6) is 0 Å². The third-order valence-corrected chi connectivity index (χ3v) is 2.05. The molecular formula is C9H16O. The maximum absolute atomic E-state index is 5.29. The summed E-state index contributed by atoms with van der Waals surface area (Å²) in [6.07, 6.45) is 11.2. The van der Waals surface area contributed by atoms with Gasteiger partial charge in [-0.05, 0) is 32.1 Å². The standard InChI is InChI=1S/C9H16O/c1-10-9-7-5-3-2-4-6-8-9/h2-3,9H,4-8H2,1H3/b3-2-. The van der Waals surface area contributed by atoms with Crippen LogP contribution in [0, 0.1) is 0 Å². The van der Waals surface area contributed by atoms with Crippen LogP contribution in [0.25, 0.3) is 0 Å². The molecule has 0 saturated heterocycles. The molecule has 0 aromatic carbocycles. The largest absolute Gasteiger partial charge is 0.381 e. The highest BCUT2D eigenvalue weighted by atomic mass is 16.5. The predicted molar refractivity (Wildman–Crippen MR) is 43.0 cm³/mol. The number of methoxy groups -OCH3 is 1. The van der Waals surface area contributed by atoms with Crippen molar-refractivity contribution in [3.05, 3.63) is 12.2 Å². The second-order valence-corrected chi connectivity index (χ2v) is 2.84. The molecule has 0 fully saturated rings. The molecule has 0 aromatic rings. The van der Waals surface area contributed by atoms with Gasteiger partial charge in [0.2, 0.25) is 0 Å². The van der Waals surface area contributed by atoms with Crippen LogP contribution in [-0.4, -0.2) is 13.2 Å². The van der Waals surface area contributed by atoms with Crippen molar-refractivity contribution in [1.29, 1.82) is 0 Å². The van der Waals surface area contributed by atoms with Crippen LogP contribution in [0.3, 0.4) is 0 Å². The van der Waals surface area contributed by atoms with Gasteiger partial charge in [-0.1, -0.05) is 12.2 Å². The minimum absolute atomic E-state index is 0.518. The first kappa shape index (κ1) is 7.80. The lowest BCUT2D eigenvalue weighted by molar-refractivity contribution is 0.0864. The Morgan fingerprint density at radius 1 is 1.20 bits per heavy atom. The summed E-state index contributed by atoms with van der Waals surface area (Å²) < 4.78 is 5.29. The summed E-state index contributed by atoms with van der Waals surface area (Å²) in [5.74, 6) is 0. The summed E-state index contributed by atoms with van der Waals surface area (Å²) in [5, 5.41) is 0. The first-order valence-corrected chi connectivity index (χ1v) is 4.11. The van der Waals surface area contributed by atoms with Crippen LogP contribution < -0.4 is 0 Å². The molecule has 0 bridgehead atoms. The van der Waals surface area contributed by atoms with Gasteiger partial charge in [0, 0.05) is 7.11 Å². The molecule has 0 aromatic heterocycles. The van der Waals surface area contributed by atoms with Gasteiger partial charge < -0.3 is 4.74 Å². The van der Waals surface area contributed by atoms with Crippen molar-refractivity contribution in [2.45, 2.75) is 38.2 Å². The molecule has 0 saturated carbocycles. The topological polar surface area (TPSA) is 9.23 Å². The van der Waals surface area contributed by atoms with E-state index in [-0.39, 0.29) is 0 Å². The molecule has 0 spiro atoms. The summed E-state index contributed by atoms with van der Waals surface area (Å²) in [6.45, 7) is 0. The minimum atomic E-state index is 0.518. The van der Waals surface area contributed by atoms with E-state index in [1.165, 1.54) is 32.1 Å². The Kier molecular flexibility index (Phi) is 3.52. The minimum Gasteiger partial charge on any atom is -0.381 e. The van der Waals surface area contributed by atoms with E-state index in [1.54, 1.807) is 0 Å². The summed E-state index contributed by atoms with van der Waals surface area (Å²) in [5.41, 5.74) is 0. The quantitative estimate of drug-likeness (QED) is 0.508. The van der Waals surface area contributed by atoms with Gasteiger partial charge in [-0.15, -0.1) is 0 Å². The SMILES string of the molecule is COC1CC/C=C\CCC1. The van der Waals surface area contributed by atoms with Gasteiger partial charge in [0.15, 0.2) is 0 Å². The molecule has 10 heavy (non-hydrogen) atoms. The number of hydrogen-bond donors (Lipinski definition) is 0. The summed E-state index contributed by atoms with van der Waals surface area (Å²) in [7, 11) is 1.82. The van der Waals surface area contributed by atoms with Gasteiger partial charge in [-0.3, -0.25) is 0 Å². The Morgan fingerprint density at radius 2 is 2.00 bits per heavy atom. The molecule has 0 heterocycles. The van der Waals surface area contributed by atoms with Crippen LogP contribution >= 0.6 is 0 Å². The zero-order chi connectivity index (χ0) is 7.23. The fourth-order valence-electron chi connectivity index (χ4n) is 1.36. The third kappa shape index (κ3) is 2.53. The van der Waals surface area contributed by atoms with Crippen LogP contribution in [-0.2, 0) is 4.74 Å². The Labute approximate surface area is 63.1 Å². The lowest BCUT2D eigenvalue weighted by Gasteiger charge is -2.14. The molecule has 1 unspecified atom stereocenters. The van der Waals surface area contributed by atoms with E-state index in [0.717, 1.165) is 0 Å². The second kappa shape index (κ2) is 4.51. The fourth-order valence-corrected chi connectivity index (χ4v) is 1.36. The number of rotatable bonds is 1. The molecule has 1 heteroatoms. The summed E-state index contributed by atoms with van der Waals surface area (Å²) >= 11 is 0. The van der Waals surface area contributed by atoms with Crippen molar-refractivity contribution in [3.8, 4) is 0 Å². The van der Waals surface area contributed by atoms with E-state index < -0.39 is 0 Å². The highest BCUT2D eigenvalue weighted by molar-refractivity contribution is 4.85. The molecule has 1 aliphatic rings.